The van der Waals surface area contributed by atoms with Gasteiger partial charge in [-0.05, 0) is 51.4 Å². The fourth-order valence-corrected chi connectivity index (χ4v) is 6.59. The molecule has 3 atom stereocenters. The number of nitrogens with one attached hydrogen (secondary N) is 1. The van der Waals surface area contributed by atoms with E-state index in [0.717, 1.165) is 70.6 Å². The zero-order valence-electron chi connectivity index (χ0n) is 32.8. The van der Waals surface area contributed by atoms with Gasteiger partial charge in [0.25, 0.3) is 0 Å². The van der Waals surface area contributed by atoms with E-state index in [-0.39, 0.29) is 25.7 Å². The molecule has 0 bridgehead atoms. The molecule has 5 N–H and O–H groups in total. The molecule has 0 rings (SSSR count). The highest BCUT2D eigenvalue weighted by Crippen LogP contribution is 2.43. The van der Waals surface area contributed by atoms with Crippen LogP contribution in [0, 0.1) is 0 Å². The largest absolute Gasteiger partial charge is 0.472 e. The van der Waals surface area contributed by atoms with Crippen molar-refractivity contribution in [2.75, 3.05) is 19.8 Å². The molecule has 0 aromatic rings. The Morgan fingerprint density at radius 1 is 0.667 bits per heavy atom. The normalized spacial score (nSPS) is 14.7. The lowest BCUT2D eigenvalue weighted by Crippen LogP contribution is -2.46. The Kier molecular flexibility index (Phi) is 37.0. The highest BCUT2D eigenvalue weighted by Gasteiger charge is 2.27. The van der Waals surface area contributed by atoms with Crippen LogP contribution in [0.2, 0.25) is 0 Å². The molecule has 0 spiro atoms. The molecule has 9 heteroatoms. The van der Waals surface area contributed by atoms with Crippen LogP contribution in [-0.4, -0.2) is 47.8 Å². The number of hydrogen-bond donors (Lipinski definition) is 4. The zero-order valence-corrected chi connectivity index (χ0v) is 33.7. The van der Waals surface area contributed by atoms with Gasteiger partial charge in [0.2, 0.25) is 5.91 Å². The lowest BCUT2D eigenvalue weighted by atomic mass is 10.0. The van der Waals surface area contributed by atoms with Crippen LogP contribution in [0.1, 0.15) is 181 Å². The van der Waals surface area contributed by atoms with Crippen molar-refractivity contribution < 1.29 is 28.4 Å². The summed E-state index contributed by atoms with van der Waals surface area (Å²) in [5.74, 6) is -0.173. The van der Waals surface area contributed by atoms with E-state index < -0.39 is 20.0 Å². The number of aliphatic hydroxyl groups excluding tert-OH is 1. The van der Waals surface area contributed by atoms with Crippen molar-refractivity contribution in [3.05, 3.63) is 48.6 Å². The summed E-state index contributed by atoms with van der Waals surface area (Å²) in [4.78, 5) is 22.7. The first-order valence-electron chi connectivity index (χ1n) is 20.8. The molecule has 0 aromatic heterocycles. The van der Waals surface area contributed by atoms with E-state index in [0.29, 0.717) is 12.8 Å². The maximum absolute atomic E-state index is 12.7. The maximum atomic E-state index is 12.7. The van der Waals surface area contributed by atoms with Crippen molar-refractivity contribution in [3.63, 3.8) is 0 Å². The Hall–Kier alpha value is -1.54. The van der Waals surface area contributed by atoms with Crippen molar-refractivity contribution in [1.29, 1.82) is 0 Å². The minimum absolute atomic E-state index is 0.0856. The van der Waals surface area contributed by atoms with Crippen LogP contribution in [0.5, 0.6) is 0 Å². The number of aliphatic hydroxyl groups is 1. The average Bonchev–Trinajstić information content (AvgIpc) is 3.12. The summed E-state index contributed by atoms with van der Waals surface area (Å²) in [5, 5.41) is 13.7. The first kappa shape index (κ1) is 49.5. The Labute approximate surface area is 313 Å². The Balaban J connectivity index is 4.15. The number of phosphoric acid groups is 1. The van der Waals surface area contributed by atoms with Crippen molar-refractivity contribution in [1.82, 2.24) is 5.32 Å². The summed E-state index contributed by atoms with van der Waals surface area (Å²) in [5.41, 5.74) is 5.37. The highest BCUT2D eigenvalue weighted by atomic mass is 31.2. The van der Waals surface area contributed by atoms with Gasteiger partial charge in [-0.15, -0.1) is 0 Å². The summed E-state index contributed by atoms with van der Waals surface area (Å²) in [6.45, 7) is 4.07. The molecule has 0 saturated heterocycles. The summed E-state index contributed by atoms with van der Waals surface area (Å²) in [6, 6.07) is -0.778. The van der Waals surface area contributed by atoms with Crippen LogP contribution in [0.25, 0.3) is 0 Å². The van der Waals surface area contributed by atoms with E-state index >= 15 is 0 Å². The summed E-state index contributed by atoms with van der Waals surface area (Å²) in [6.07, 6.45) is 45.4. The second-order valence-electron chi connectivity index (χ2n) is 13.8. The van der Waals surface area contributed by atoms with Crippen LogP contribution >= 0.6 is 7.82 Å². The van der Waals surface area contributed by atoms with Crippen LogP contribution in [-0.2, 0) is 18.4 Å². The third kappa shape index (κ3) is 36.6. The zero-order chi connectivity index (χ0) is 37.5. The monoisotopic (exact) mass is 739 g/mol. The molecule has 0 saturated carbocycles. The van der Waals surface area contributed by atoms with E-state index in [1.165, 1.54) is 83.5 Å². The van der Waals surface area contributed by atoms with E-state index in [9.17, 15) is 19.4 Å². The van der Waals surface area contributed by atoms with Crippen LogP contribution in [0.3, 0.4) is 0 Å². The molecule has 0 fully saturated rings. The summed E-state index contributed by atoms with van der Waals surface area (Å²) >= 11 is 0. The molecule has 0 aromatic carbocycles. The number of amides is 1. The van der Waals surface area contributed by atoms with E-state index in [2.05, 4.69) is 67.8 Å². The first-order valence-corrected chi connectivity index (χ1v) is 22.2. The Bertz CT molecular complexity index is 938. The molecular formula is C42H79N2O6P. The molecule has 1 amide bonds. The van der Waals surface area contributed by atoms with E-state index in [1.807, 2.05) is 0 Å². The lowest BCUT2D eigenvalue weighted by molar-refractivity contribution is -0.123. The minimum atomic E-state index is -4.31. The second-order valence-corrected chi connectivity index (χ2v) is 15.3. The molecule has 0 radical (unpaired) electrons. The smallest absolute Gasteiger partial charge is 0.391 e. The van der Waals surface area contributed by atoms with Crippen LogP contribution < -0.4 is 11.1 Å². The number of unbranched alkanes of at least 4 members (excludes halogenated alkanes) is 18. The second kappa shape index (κ2) is 38.2. The van der Waals surface area contributed by atoms with Crippen molar-refractivity contribution in [3.8, 4) is 0 Å². The molecule has 3 unspecified atom stereocenters. The number of rotatable bonds is 38. The number of carbonyl (C=O) groups is 1. The quantitative estimate of drug-likeness (QED) is 0.0282. The number of phosphoric ester groups is 1. The molecule has 0 heterocycles. The molecule has 0 aliphatic heterocycles. The summed E-state index contributed by atoms with van der Waals surface area (Å²) < 4.78 is 22.1. The predicted molar refractivity (Wildman–Crippen MR) is 217 cm³/mol. The van der Waals surface area contributed by atoms with Gasteiger partial charge >= 0.3 is 7.82 Å². The minimum Gasteiger partial charge on any atom is -0.391 e. The molecular weight excluding hydrogens is 659 g/mol. The van der Waals surface area contributed by atoms with E-state index in [1.54, 1.807) is 0 Å². The van der Waals surface area contributed by atoms with Gasteiger partial charge in [0.05, 0.1) is 25.4 Å². The maximum Gasteiger partial charge on any atom is 0.472 e. The third-order valence-electron chi connectivity index (χ3n) is 8.95. The Morgan fingerprint density at radius 2 is 1.14 bits per heavy atom. The SMILES string of the molecule is CC/C=C\C/C=C\C/C=C\C/C=C\CCCCCCCCCCC(=O)NC(COP(=O)(O)OCCN)C(O)CCCCCCCCCCCCC. The van der Waals surface area contributed by atoms with Gasteiger partial charge in [-0.25, -0.2) is 4.57 Å². The van der Waals surface area contributed by atoms with Crippen LogP contribution in [0.15, 0.2) is 48.6 Å². The van der Waals surface area contributed by atoms with Gasteiger partial charge in [-0.3, -0.25) is 13.8 Å². The van der Waals surface area contributed by atoms with Gasteiger partial charge in [-0.1, -0.05) is 172 Å². The van der Waals surface area contributed by atoms with Crippen molar-refractivity contribution in [2.24, 2.45) is 5.73 Å². The molecule has 0 aliphatic carbocycles. The standard InChI is InChI=1S/C42H79N2O6P/c1-3-5-7-9-11-13-15-16-17-18-19-20-21-22-23-24-26-28-30-32-34-36-42(46)44-40(39-50-51(47,48)49-38-37-43)41(45)35-33-31-29-27-25-14-12-10-8-6-4-2/h5,7,11,13,16-17,19-20,40-41,45H,3-4,6,8-10,12,14-15,18,21-39,43H2,1-2H3,(H,44,46)(H,47,48)/b7-5-,13-11-,17-16-,20-19-. The van der Waals surface area contributed by atoms with Crippen LogP contribution in [0.4, 0.5) is 0 Å². The van der Waals surface area contributed by atoms with Gasteiger partial charge in [-0.2, -0.15) is 0 Å². The number of carbonyl (C=O) groups excluding carboxylic acids is 1. The van der Waals surface area contributed by atoms with Gasteiger partial charge < -0.3 is 21.1 Å². The van der Waals surface area contributed by atoms with Gasteiger partial charge in [0, 0.05) is 13.0 Å². The molecule has 8 nitrogen and oxygen atoms in total. The predicted octanol–water partition coefficient (Wildman–Crippen LogP) is 11.3. The van der Waals surface area contributed by atoms with Gasteiger partial charge in [0.1, 0.15) is 0 Å². The fourth-order valence-electron chi connectivity index (χ4n) is 5.83. The average molecular weight is 739 g/mol. The van der Waals surface area contributed by atoms with Gasteiger partial charge in [0.15, 0.2) is 0 Å². The molecule has 0 aliphatic rings. The molecule has 298 valence electrons. The van der Waals surface area contributed by atoms with Crippen molar-refractivity contribution in [2.45, 2.75) is 193 Å². The lowest BCUT2D eigenvalue weighted by Gasteiger charge is -2.25. The Morgan fingerprint density at radius 3 is 1.67 bits per heavy atom. The van der Waals surface area contributed by atoms with E-state index in [4.69, 9.17) is 14.8 Å². The fraction of sp³-hybridized carbons (Fsp3) is 0.786. The summed E-state index contributed by atoms with van der Waals surface area (Å²) in [7, 11) is -4.31. The highest BCUT2D eigenvalue weighted by molar-refractivity contribution is 7.47. The number of hydrogen-bond acceptors (Lipinski definition) is 6. The molecule has 51 heavy (non-hydrogen) atoms. The number of nitrogens with two attached hydrogens (primary N) is 1. The topological polar surface area (TPSA) is 131 Å². The number of allylic oxidation sites excluding steroid dienone is 8. The first-order chi connectivity index (χ1) is 24.9. The third-order valence-corrected chi connectivity index (χ3v) is 9.93. The van der Waals surface area contributed by atoms with Crippen molar-refractivity contribution >= 4 is 13.7 Å².